The molecule has 2 amide bonds. The molecule has 1 aromatic heterocycles. The highest BCUT2D eigenvalue weighted by molar-refractivity contribution is 5.91. The minimum Gasteiger partial charge on any atom is -0.370 e. The number of carbonyl (C=O) groups excluding carboxylic acids is 2. The molecule has 1 aromatic rings. The maximum atomic E-state index is 11.7. The molecule has 0 radical (unpaired) electrons. The molecular formula is C10H16N6O3. The van der Waals surface area contributed by atoms with Crippen molar-refractivity contribution < 1.29 is 14.3 Å². The van der Waals surface area contributed by atoms with Gasteiger partial charge >= 0.3 is 0 Å². The van der Waals surface area contributed by atoms with Gasteiger partial charge in [0.1, 0.15) is 6.61 Å². The van der Waals surface area contributed by atoms with Gasteiger partial charge in [0.05, 0.1) is 18.8 Å². The predicted molar refractivity (Wildman–Crippen MR) is 64.3 cm³/mol. The zero-order valence-corrected chi connectivity index (χ0v) is 10.3. The lowest BCUT2D eigenvalue weighted by Gasteiger charge is -2.26. The van der Waals surface area contributed by atoms with E-state index in [2.05, 4.69) is 20.9 Å². The second-order valence-electron chi connectivity index (χ2n) is 4.17. The molecule has 1 fully saturated rings. The van der Waals surface area contributed by atoms with Crippen molar-refractivity contribution in [3.05, 3.63) is 11.9 Å². The fraction of sp³-hybridized carbons (Fsp3) is 0.600. The third-order valence-corrected chi connectivity index (χ3v) is 2.65. The summed E-state index contributed by atoms with van der Waals surface area (Å²) >= 11 is 0. The number of nitrogens with one attached hydrogen (secondary N) is 2. The van der Waals surface area contributed by atoms with Crippen molar-refractivity contribution in [3.63, 3.8) is 0 Å². The van der Waals surface area contributed by atoms with Gasteiger partial charge in [0.25, 0.3) is 5.91 Å². The van der Waals surface area contributed by atoms with Crippen molar-refractivity contribution in [2.45, 2.75) is 6.04 Å². The molecule has 9 heteroatoms. The largest absolute Gasteiger partial charge is 0.370 e. The molecule has 0 aromatic carbocycles. The van der Waals surface area contributed by atoms with Gasteiger partial charge in [-0.3, -0.25) is 9.59 Å². The first-order valence-corrected chi connectivity index (χ1v) is 5.93. The first-order chi connectivity index (χ1) is 9.16. The summed E-state index contributed by atoms with van der Waals surface area (Å²) in [5.41, 5.74) is 5.16. The van der Waals surface area contributed by atoms with Gasteiger partial charge in [-0.15, -0.1) is 5.10 Å². The molecule has 0 saturated carbocycles. The Morgan fingerprint density at radius 2 is 2.37 bits per heavy atom. The number of amides is 2. The standard InChI is InChI=1S/C10H16N6O3/c11-9(17)6-19-2-1-13-10(18)8-5-16(15-14-8)7-3-12-4-7/h5,7,12H,1-4,6H2,(H2,11,17)(H,13,18). The molecular weight excluding hydrogens is 252 g/mol. The Morgan fingerprint density at radius 1 is 1.58 bits per heavy atom. The SMILES string of the molecule is NC(=O)COCCNC(=O)c1cn(C2CNC2)nn1. The molecule has 19 heavy (non-hydrogen) atoms. The number of carbonyl (C=O) groups is 2. The minimum atomic E-state index is -0.539. The average Bonchev–Trinajstić information content (AvgIpc) is 2.75. The van der Waals surface area contributed by atoms with Crippen molar-refractivity contribution in [1.82, 2.24) is 25.6 Å². The molecule has 0 bridgehead atoms. The van der Waals surface area contributed by atoms with E-state index in [1.165, 1.54) is 0 Å². The second kappa shape index (κ2) is 6.25. The summed E-state index contributed by atoms with van der Waals surface area (Å²) in [6.07, 6.45) is 1.62. The van der Waals surface area contributed by atoms with Crippen LogP contribution >= 0.6 is 0 Å². The molecule has 2 heterocycles. The topological polar surface area (TPSA) is 124 Å². The molecule has 0 unspecified atom stereocenters. The molecule has 2 rings (SSSR count). The Labute approximate surface area is 109 Å². The van der Waals surface area contributed by atoms with Crippen LogP contribution in [0, 0.1) is 0 Å². The maximum absolute atomic E-state index is 11.7. The van der Waals surface area contributed by atoms with E-state index < -0.39 is 5.91 Å². The fourth-order valence-electron chi connectivity index (χ4n) is 1.52. The first-order valence-electron chi connectivity index (χ1n) is 5.93. The number of nitrogens with two attached hydrogens (primary N) is 1. The number of nitrogens with zero attached hydrogens (tertiary/aromatic N) is 3. The molecule has 1 aliphatic heterocycles. The Bertz CT molecular complexity index is 456. The lowest BCUT2D eigenvalue weighted by molar-refractivity contribution is -0.122. The summed E-state index contributed by atoms with van der Waals surface area (Å²) in [6, 6.07) is 0.271. The van der Waals surface area contributed by atoms with E-state index in [4.69, 9.17) is 10.5 Å². The van der Waals surface area contributed by atoms with Gasteiger partial charge in [-0.1, -0.05) is 5.21 Å². The van der Waals surface area contributed by atoms with Gasteiger partial charge in [-0.25, -0.2) is 4.68 Å². The molecule has 0 aliphatic carbocycles. The monoisotopic (exact) mass is 268 g/mol. The third kappa shape index (κ3) is 3.73. The number of aromatic nitrogens is 3. The van der Waals surface area contributed by atoms with Crippen LogP contribution < -0.4 is 16.4 Å². The Kier molecular flexibility index (Phi) is 4.42. The molecule has 104 valence electrons. The summed E-state index contributed by atoms with van der Waals surface area (Å²) in [4.78, 5) is 22.1. The lowest BCUT2D eigenvalue weighted by Crippen LogP contribution is -2.43. The number of ether oxygens (including phenoxy) is 1. The van der Waals surface area contributed by atoms with E-state index in [1.54, 1.807) is 10.9 Å². The van der Waals surface area contributed by atoms with Gasteiger partial charge in [-0.05, 0) is 0 Å². The average molecular weight is 268 g/mol. The van der Waals surface area contributed by atoms with Crippen LogP contribution in [0.4, 0.5) is 0 Å². The van der Waals surface area contributed by atoms with Gasteiger partial charge in [-0.2, -0.15) is 0 Å². The van der Waals surface area contributed by atoms with Gasteiger partial charge < -0.3 is 21.1 Å². The van der Waals surface area contributed by atoms with Gasteiger partial charge in [0, 0.05) is 19.6 Å². The first kappa shape index (κ1) is 13.4. The van der Waals surface area contributed by atoms with E-state index in [1.807, 2.05) is 0 Å². The highest BCUT2D eigenvalue weighted by Crippen LogP contribution is 2.09. The molecule has 1 saturated heterocycles. The minimum absolute atomic E-state index is 0.152. The van der Waals surface area contributed by atoms with Crippen molar-refractivity contribution in [2.24, 2.45) is 5.73 Å². The van der Waals surface area contributed by atoms with Crippen molar-refractivity contribution in [3.8, 4) is 0 Å². The summed E-state index contributed by atoms with van der Waals surface area (Å²) in [6.45, 7) is 2.02. The Balaban J connectivity index is 1.70. The number of hydrogen-bond acceptors (Lipinski definition) is 6. The maximum Gasteiger partial charge on any atom is 0.273 e. The molecule has 1 aliphatic rings. The fourth-order valence-corrected chi connectivity index (χ4v) is 1.52. The molecule has 4 N–H and O–H groups in total. The van der Waals surface area contributed by atoms with Crippen LogP contribution in [0.3, 0.4) is 0 Å². The highest BCUT2D eigenvalue weighted by atomic mass is 16.5. The number of primary amides is 1. The van der Waals surface area contributed by atoms with Crippen LogP contribution in [0.2, 0.25) is 0 Å². The summed E-state index contributed by atoms with van der Waals surface area (Å²) in [5.74, 6) is -0.857. The van der Waals surface area contributed by atoms with Crippen LogP contribution in [0.25, 0.3) is 0 Å². The van der Waals surface area contributed by atoms with Crippen molar-refractivity contribution in [2.75, 3.05) is 32.8 Å². The van der Waals surface area contributed by atoms with Crippen LogP contribution in [0.5, 0.6) is 0 Å². The van der Waals surface area contributed by atoms with E-state index in [0.29, 0.717) is 0 Å². The Hall–Kier alpha value is -2.00. The second-order valence-corrected chi connectivity index (χ2v) is 4.17. The van der Waals surface area contributed by atoms with Crippen LogP contribution in [0.1, 0.15) is 16.5 Å². The smallest absolute Gasteiger partial charge is 0.273 e. The van der Waals surface area contributed by atoms with Crippen LogP contribution in [0.15, 0.2) is 6.20 Å². The van der Waals surface area contributed by atoms with E-state index in [0.717, 1.165) is 13.1 Å². The quantitative estimate of drug-likeness (QED) is 0.476. The van der Waals surface area contributed by atoms with Crippen molar-refractivity contribution >= 4 is 11.8 Å². The normalized spacial score (nSPS) is 14.9. The van der Waals surface area contributed by atoms with Crippen LogP contribution in [-0.4, -0.2) is 59.7 Å². The van der Waals surface area contributed by atoms with Gasteiger partial charge in [0.15, 0.2) is 5.69 Å². The van der Waals surface area contributed by atoms with E-state index >= 15 is 0 Å². The molecule has 9 nitrogen and oxygen atoms in total. The third-order valence-electron chi connectivity index (χ3n) is 2.65. The summed E-state index contributed by atoms with van der Waals surface area (Å²) in [7, 11) is 0. The zero-order chi connectivity index (χ0) is 13.7. The molecule has 0 atom stereocenters. The zero-order valence-electron chi connectivity index (χ0n) is 10.3. The predicted octanol–water partition coefficient (Wildman–Crippen LogP) is -2.35. The van der Waals surface area contributed by atoms with Crippen LogP contribution in [-0.2, 0) is 9.53 Å². The van der Waals surface area contributed by atoms with Gasteiger partial charge in [0.2, 0.25) is 5.91 Å². The Morgan fingerprint density at radius 3 is 3.00 bits per heavy atom. The molecule has 0 spiro atoms. The summed E-state index contributed by atoms with van der Waals surface area (Å²) in [5, 5.41) is 13.4. The van der Waals surface area contributed by atoms with Crippen molar-refractivity contribution in [1.29, 1.82) is 0 Å². The summed E-state index contributed by atoms with van der Waals surface area (Å²) < 4.78 is 6.59. The lowest BCUT2D eigenvalue weighted by atomic mass is 10.2. The number of rotatable bonds is 7. The number of hydrogen-bond donors (Lipinski definition) is 3. The van der Waals surface area contributed by atoms with E-state index in [-0.39, 0.29) is 37.4 Å². The highest BCUT2D eigenvalue weighted by Gasteiger charge is 2.21. The van der Waals surface area contributed by atoms with E-state index in [9.17, 15) is 9.59 Å².